The fourth-order valence-corrected chi connectivity index (χ4v) is 7.13. The van der Waals surface area contributed by atoms with E-state index in [2.05, 4.69) is 86.4 Å². The van der Waals surface area contributed by atoms with Gasteiger partial charge in [0, 0.05) is 49.7 Å². The van der Waals surface area contributed by atoms with E-state index in [0.717, 1.165) is 61.1 Å². The molecule has 0 bridgehead atoms. The van der Waals surface area contributed by atoms with Crippen LogP contribution in [0.3, 0.4) is 0 Å². The number of nitrogens with zero attached hydrogens (tertiary/aromatic N) is 2. The molecule has 0 atom stereocenters. The second-order valence-corrected chi connectivity index (χ2v) is 13.0. The average molecular weight is 808 g/mol. The van der Waals surface area contributed by atoms with Crippen LogP contribution in [0.15, 0.2) is 114 Å². The fraction of sp³-hybridized carbons (Fsp3) is 0.143. The standard InChI is InChI=1S/C31H26NOS.C11H8N.Ir/c1-17(2)25-15-27(32-16-26(25)28-18(3)8-6-9-19(28)4)24-11-7-10-22-23-13-12-21-14-20(5)34-31(21)30(23)33-29(22)24;1-2-6-10(7-3-1)11-8-4-5-9-12-11;/h6-10,12-17H,1-5H3;1-6,8-9H;/q2*-1;/i17D;;. The van der Waals surface area contributed by atoms with Crippen molar-refractivity contribution >= 4 is 43.4 Å². The summed E-state index contributed by atoms with van der Waals surface area (Å²) in [6, 6.07) is 39.1. The van der Waals surface area contributed by atoms with Crippen molar-refractivity contribution in [1.29, 1.82) is 0 Å². The molecular formula is C42H34IrN2OS-2. The zero-order valence-corrected chi connectivity index (χ0v) is 30.1. The van der Waals surface area contributed by atoms with Gasteiger partial charge in [0.15, 0.2) is 0 Å². The molecule has 0 N–H and O–H groups in total. The Hall–Kier alpha value is -4.41. The van der Waals surface area contributed by atoms with Crippen LogP contribution in [0, 0.1) is 32.9 Å². The molecule has 4 heterocycles. The number of benzene rings is 4. The van der Waals surface area contributed by atoms with Crippen LogP contribution in [0.5, 0.6) is 0 Å². The van der Waals surface area contributed by atoms with Crippen molar-refractivity contribution in [2.75, 3.05) is 0 Å². The molecule has 4 aromatic heterocycles. The van der Waals surface area contributed by atoms with Crippen molar-refractivity contribution in [3.05, 3.63) is 143 Å². The number of hydrogen-bond acceptors (Lipinski definition) is 4. The first-order valence-electron chi connectivity index (χ1n) is 15.9. The minimum absolute atomic E-state index is 0. The number of aryl methyl sites for hydroxylation is 3. The zero-order valence-electron chi connectivity index (χ0n) is 27.9. The molecule has 0 aliphatic carbocycles. The Balaban J connectivity index is 0.000000260. The predicted molar refractivity (Wildman–Crippen MR) is 193 cm³/mol. The van der Waals surface area contributed by atoms with E-state index >= 15 is 0 Å². The summed E-state index contributed by atoms with van der Waals surface area (Å²) in [5, 5.41) is 3.38. The van der Waals surface area contributed by atoms with E-state index in [4.69, 9.17) is 10.8 Å². The first-order valence-corrected chi connectivity index (χ1v) is 16.2. The molecule has 3 nitrogen and oxygen atoms in total. The van der Waals surface area contributed by atoms with Gasteiger partial charge in [-0.1, -0.05) is 73.3 Å². The second-order valence-electron chi connectivity index (χ2n) is 11.8. The Labute approximate surface area is 295 Å². The largest absolute Gasteiger partial charge is 0.499 e. The number of furan rings is 1. The molecule has 0 saturated heterocycles. The SMILES string of the molecule is [2H]C(C)(C)c1cc(-c2[c-]ccc3c2oc2c3ccc3cc(C)sc32)ncc1-c1c(C)cccc1C.[Ir].[c-]1ccccc1-c1ccccn1. The summed E-state index contributed by atoms with van der Waals surface area (Å²) in [6.45, 7) is 10.2. The Bertz CT molecular complexity index is 2320. The molecule has 0 spiro atoms. The molecule has 8 rings (SSSR count). The minimum Gasteiger partial charge on any atom is -0.499 e. The van der Waals surface area contributed by atoms with Gasteiger partial charge in [-0.05, 0) is 77.8 Å². The van der Waals surface area contributed by atoms with Gasteiger partial charge in [0.25, 0.3) is 0 Å². The Morgan fingerprint density at radius 1 is 0.766 bits per heavy atom. The van der Waals surface area contributed by atoms with E-state index in [0.29, 0.717) is 0 Å². The number of thiophene rings is 1. The van der Waals surface area contributed by atoms with Crippen LogP contribution >= 0.6 is 11.3 Å². The Kier molecular flexibility index (Phi) is 9.13. The van der Waals surface area contributed by atoms with Crippen LogP contribution in [-0.2, 0) is 20.1 Å². The Morgan fingerprint density at radius 3 is 2.28 bits per heavy atom. The predicted octanol–water partition coefficient (Wildman–Crippen LogP) is 11.9. The first-order chi connectivity index (χ1) is 22.7. The summed E-state index contributed by atoms with van der Waals surface area (Å²) in [6.07, 6.45) is 3.71. The van der Waals surface area contributed by atoms with E-state index in [9.17, 15) is 0 Å². The topological polar surface area (TPSA) is 38.9 Å². The van der Waals surface area contributed by atoms with Crippen molar-refractivity contribution in [3.63, 3.8) is 0 Å². The molecule has 8 aromatic rings. The Morgan fingerprint density at radius 2 is 1.55 bits per heavy atom. The summed E-state index contributed by atoms with van der Waals surface area (Å²) in [5.74, 6) is -0.801. The van der Waals surface area contributed by atoms with Gasteiger partial charge in [0.1, 0.15) is 5.58 Å². The van der Waals surface area contributed by atoms with Crippen molar-refractivity contribution in [2.24, 2.45) is 0 Å². The number of fused-ring (bicyclic) bond motifs is 5. The number of pyridine rings is 2. The van der Waals surface area contributed by atoms with Gasteiger partial charge in [-0.2, -0.15) is 0 Å². The quantitative estimate of drug-likeness (QED) is 0.166. The molecule has 0 unspecified atom stereocenters. The van der Waals surface area contributed by atoms with Crippen LogP contribution in [0.2, 0.25) is 0 Å². The van der Waals surface area contributed by atoms with E-state index in [-0.39, 0.29) is 20.1 Å². The minimum atomic E-state index is -0.801. The van der Waals surface area contributed by atoms with Crippen molar-refractivity contribution in [1.82, 2.24) is 9.97 Å². The van der Waals surface area contributed by atoms with Gasteiger partial charge < -0.3 is 14.4 Å². The molecule has 0 aliphatic rings. The molecule has 4 aromatic carbocycles. The molecule has 1 radical (unpaired) electrons. The number of rotatable bonds is 4. The van der Waals surface area contributed by atoms with Crippen molar-refractivity contribution < 1.29 is 25.9 Å². The molecule has 47 heavy (non-hydrogen) atoms. The van der Waals surface area contributed by atoms with E-state index in [1.807, 2.05) is 68.6 Å². The summed E-state index contributed by atoms with van der Waals surface area (Å²) in [5.41, 5.74) is 10.8. The fourth-order valence-electron chi connectivity index (χ4n) is 6.13. The second kappa shape index (κ2) is 13.8. The summed E-state index contributed by atoms with van der Waals surface area (Å²) >= 11 is 1.76. The van der Waals surface area contributed by atoms with E-state index in [1.165, 1.54) is 26.1 Å². The molecular weight excluding hydrogens is 773 g/mol. The first kappa shape index (κ1) is 31.2. The van der Waals surface area contributed by atoms with E-state index in [1.54, 1.807) is 17.5 Å². The summed E-state index contributed by atoms with van der Waals surface area (Å²) < 4.78 is 16.7. The number of aromatic nitrogens is 2. The maximum Gasteiger partial charge on any atom is 0.138 e. The van der Waals surface area contributed by atoms with Gasteiger partial charge in [-0.25, -0.2) is 0 Å². The average Bonchev–Trinajstić information content (AvgIpc) is 3.65. The monoisotopic (exact) mass is 808 g/mol. The van der Waals surface area contributed by atoms with Crippen LogP contribution < -0.4 is 0 Å². The molecule has 5 heteroatoms. The van der Waals surface area contributed by atoms with Crippen molar-refractivity contribution in [3.8, 4) is 33.6 Å². The van der Waals surface area contributed by atoms with Gasteiger partial charge >= 0.3 is 0 Å². The van der Waals surface area contributed by atoms with Gasteiger partial charge in [-0.15, -0.1) is 65.4 Å². The molecule has 0 fully saturated rings. The van der Waals surface area contributed by atoms with Gasteiger partial charge in [0.2, 0.25) is 0 Å². The zero-order chi connectivity index (χ0) is 32.7. The van der Waals surface area contributed by atoms with E-state index < -0.39 is 5.89 Å². The third kappa shape index (κ3) is 6.32. The van der Waals surface area contributed by atoms with Crippen LogP contribution in [0.4, 0.5) is 0 Å². The van der Waals surface area contributed by atoms with Crippen LogP contribution in [0.25, 0.3) is 65.7 Å². The maximum absolute atomic E-state index is 8.95. The molecule has 0 saturated carbocycles. The molecule has 235 valence electrons. The molecule has 0 aliphatic heterocycles. The summed E-state index contributed by atoms with van der Waals surface area (Å²) in [4.78, 5) is 10.4. The molecule has 0 amide bonds. The maximum atomic E-state index is 8.95. The van der Waals surface area contributed by atoms with Crippen LogP contribution in [-0.4, -0.2) is 9.97 Å². The van der Waals surface area contributed by atoms with Gasteiger partial charge in [-0.3, -0.25) is 0 Å². The normalized spacial score (nSPS) is 11.6. The third-order valence-corrected chi connectivity index (χ3v) is 9.37. The number of hydrogen-bond donors (Lipinski definition) is 0. The van der Waals surface area contributed by atoms with Crippen LogP contribution in [0.1, 0.15) is 42.7 Å². The smallest absolute Gasteiger partial charge is 0.138 e. The summed E-state index contributed by atoms with van der Waals surface area (Å²) in [7, 11) is 0. The third-order valence-electron chi connectivity index (χ3n) is 8.31. The van der Waals surface area contributed by atoms with Gasteiger partial charge in [0.05, 0.1) is 10.3 Å². The van der Waals surface area contributed by atoms with Crippen molar-refractivity contribution in [2.45, 2.75) is 40.5 Å².